The number of likely N-dealkylation sites (tertiary alicyclic amines) is 1. The van der Waals surface area contributed by atoms with Crippen LogP contribution in [0.1, 0.15) is 49.5 Å². The molecule has 0 radical (unpaired) electrons. The maximum Gasteiger partial charge on any atom is 0.273 e. The molecule has 0 spiro atoms. The fraction of sp³-hybridized carbons (Fsp3) is 0.500. The smallest absolute Gasteiger partial charge is 0.273 e. The number of aromatic nitrogens is 1. The minimum absolute atomic E-state index is 0.0380. The Hall–Kier alpha value is -3.13. The molecule has 2 N–H and O–H groups in total. The van der Waals surface area contributed by atoms with Crippen molar-refractivity contribution in [2.45, 2.75) is 45.1 Å². The second-order valence-electron chi connectivity index (χ2n) is 8.89. The molecule has 1 unspecified atom stereocenters. The third-order valence-corrected chi connectivity index (χ3v) is 6.51. The summed E-state index contributed by atoms with van der Waals surface area (Å²) in [6.07, 6.45) is 4.85. The van der Waals surface area contributed by atoms with Gasteiger partial charge in [-0.2, -0.15) is 0 Å². The number of benzene rings is 1. The van der Waals surface area contributed by atoms with Crippen LogP contribution >= 0.6 is 0 Å². The molecule has 182 valence electrons. The number of carbonyl (C=O) groups is 2. The van der Waals surface area contributed by atoms with Crippen LogP contribution in [0.5, 0.6) is 5.75 Å². The lowest BCUT2D eigenvalue weighted by molar-refractivity contribution is -0.122. The van der Waals surface area contributed by atoms with Gasteiger partial charge in [0.25, 0.3) is 5.91 Å². The predicted octanol–water partition coefficient (Wildman–Crippen LogP) is 3.43. The van der Waals surface area contributed by atoms with Crippen molar-refractivity contribution < 1.29 is 14.3 Å². The van der Waals surface area contributed by atoms with Gasteiger partial charge in [0.1, 0.15) is 17.3 Å². The summed E-state index contributed by atoms with van der Waals surface area (Å²) in [6.45, 7) is 6.00. The Labute approximate surface area is 201 Å². The first-order valence-corrected chi connectivity index (χ1v) is 12.4. The van der Waals surface area contributed by atoms with E-state index in [1.165, 1.54) is 6.42 Å². The molecule has 8 heteroatoms. The van der Waals surface area contributed by atoms with Gasteiger partial charge in [-0.25, -0.2) is 4.98 Å². The Kier molecular flexibility index (Phi) is 8.36. The monoisotopic (exact) mass is 465 g/mol. The lowest BCUT2D eigenvalue weighted by Gasteiger charge is -2.25. The standard InChI is InChI=1S/C26H35N5O3/c1-2-30-16-9-10-20(30)18-27-25(32)19-31-15-6-3-7-17-34-23-13-5-4-11-21(23)28-24-14-8-12-22(29-24)26(31)33/h4-5,8,11-14,20H,2-3,6-7,9-10,15-19H2,1H3,(H,27,32)(H,28,29). The Morgan fingerprint density at radius 3 is 2.88 bits per heavy atom. The van der Waals surface area contributed by atoms with Crippen molar-refractivity contribution in [2.75, 3.05) is 44.6 Å². The fourth-order valence-electron chi connectivity index (χ4n) is 4.64. The summed E-state index contributed by atoms with van der Waals surface area (Å²) in [5.74, 6) is 0.977. The highest BCUT2D eigenvalue weighted by Crippen LogP contribution is 2.27. The predicted molar refractivity (Wildman–Crippen MR) is 132 cm³/mol. The second kappa shape index (κ2) is 11.8. The van der Waals surface area contributed by atoms with Gasteiger partial charge in [-0.1, -0.05) is 25.1 Å². The van der Waals surface area contributed by atoms with Gasteiger partial charge in [0, 0.05) is 19.1 Å². The number of anilines is 2. The van der Waals surface area contributed by atoms with Crippen molar-refractivity contribution in [3.8, 4) is 5.75 Å². The minimum atomic E-state index is -0.226. The molecule has 1 saturated heterocycles. The van der Waals surface area contributed by atoms with Crippen molar-refractivity contribution in [3.63, 3.8) is 0 Å². The summed E-state index contributed by atoms with van der Waals surface area (Å²) in [5, 5.41) is 6.31. The van der Waals surface area contributed by atoms with E-state index in [-0.39, 0.29) is 18.4 Å². The zero-order chi connectivity index (χ0) is 23.8. The summed E-state index contributed by atoms with van der Waals surface area (Å²) < 4.78 is 5.98. The molecular weight excluding hydrogens is 430 g/mol. The Morgan fingerprint density at radius 1 is 1.12 bits per heavy atom. The number of ether oxygens (including phenoxy) is 1. The van der Waals surface area contributed by atoms with E-state index in [9.17, 15) is 9.59 Å². The van der Waals surface area contributed by atoms with Crippen LogP contribution < -0.4 is 15.4 Å². The Balaban J connectivity index is 1.46. The molecule has 1 aromatic carbocycles. The normalized spacial score (nSPS) is 19.5. The summed E-state index contributed by atoms with van der Waals surface area (Å²) in [4.78, 5) is 34.7. The molecule has 0 aliphatic carbocycles. The van der Waals surface area contributed by atoms with Crippen molar-refractivity contribution in [1.82, 2.24) is 20.1 Å². The topological polar surface area (TPSA) is 86.8 Å². The van der Waals surface area contributed by atoms with Gasteiger partial charge in [0.15, 0.2) is 0 Å². The van der Waals surface area contributed by atoms with E-state index in [0.29, 0.717) is 37.3 Å². The largest absolute Gasteiger partial charge is 0.491 e. The van der Waals surface area contributed by atoms with Gasteiger partial charge in [0.05, 0.1) is 18.8 Å². The molecule has 3 heterocycles. The molecule has 0 saturated carbocycles. The van der Waals surface area contributed by atoms with Crippen LogP contribution in [0.4, 0.5) is 11.5 Å². The number of likely N-dealkylation sites (N-methyl/N-ethyl adjacent to an activating group) is 1. The quantitative estimate of drug-likeness (QED) is 0.704. The van der Waals surface area contributed by atoms with Crippen molar-refractivity contribution in [2.24, 2.45) is 0 Å². The molecule has 8 nitrogen and oxygen atoms in total. The highest BCUT2D eigenvalue weighted by atomic mass is 16.5. The minimum Gasteiger partial charge on any atom is -0.491 e. The van der Waals surface area contributed by atoms with Crippen LogP contribution in [0.3, 0.4) is 0 Å². The second-order valence-corrected chi connectivity index (χ2v) is 8.89. The lowest BCUT2D eigenvalue weighted by atomic mass is 10.2. The van der Waals surface area contributed by atoms with E-state index >= 15 is 0 Å². The van der Waals surface area contributed by atoms with E-state index in [1.807, 2.05) is 30.3 Å². The number of para-hydroxylation sites is 2. The maximum atomic E-state index is 13.3. The SMILES string of the molecule is CCN1CCCC1CNC(=O)CN1CCCCCOc2ccccc2Nc2cccc(n2)C1=O. The molecule has 2 aliphatic rings. The summed E-state index contributed by atoms with van der Waals surface area (Å²) in [5.41, 5.74) is 1.13. The number of fused-ring (bicyclic) bond motifs is 3. The van der Waals surface area contributed by atoms with Crippen molar-refractivity contribution in [1.29, 1.82) is 0 Å². The number of carbonyl (C=O) groups excluding carboxylic acids is 2. The lowest BCUT2D eigenvalue weighted by Crippen LogP contribution is -2.45. The van der Waals surface area contributed by atoms with E-state index in [2.05, 4.69) is 27.4 Å². The van der Waals surface area contributed by atoms with E-state index in [4.69, 9.17) is 4.74 Å². The van der Waals surface area contributed by atoms with Crippen LogP contribution in [0.25, 0.3) is 0 Å². The van der Waals surface area contributed by atoms with E-state index in [1.54, 1.807) is 17.0 Å². The van der Waals surface area contributed by atoms with Crippen molar-refractivity contribution in [3.05, 3.63) is 48.2 Å². The zero-order valence-electron chi connectivity index (χ0n) is 20.0. The molecule has 34 heavy (non-hydrogen) atoms. The average Bonchev–Trinajstić information content (AvgIpc) is 3.32. The summed E-state index contributed by atoms with van der Waals surface area (Å²) in [7, 11) is 0. The zero-order valence-corrected chi connectivity index (χ0v) is 20.0. The van der Waals surface area contributed by atoms with E-state index < -0.39 is 0 Å². The maximum absolute atomic E-state index is 13.3. The van der Waals surface area contributed by atoms with Crippen LogP contribution in [-0.2, 0) is 4.79 Å². The van der Waals surface area contributed by atoms with Crippen molar-refractivity contribution >= 4 is 23.3 Å². The van der Waals surface area contributed by atoms with Crippen LogP contribution in [-0.4, -0.2) is 72.0 Å². The molecule has 4 rings (SSSR count). The molecule has 1 atom stereocenters. The number of amides is 2. The number of hydrogen-bond donors (Lipinski definition) is 2. The van der Waals surface area contributed by atoms with Gasteiger partial charge >= 0.3 is 0 Å². The number of pyridine rings is 1. The summed E-state index contributed by atoms with van der Waals surface area (Å²) in [6, 6.07) is 13.4. The molecule has 2 aromatic rings. The number of nitrogens with zero attached hydrogens (tertiary/aromatic N) is 3. The molecular formula is C26H35N5O3. The molecule has 2 aliphatic heterocycles. The van der Waals surface area contributed by atoms with Gasteiger partial charge < -0.3 is 20.3 Å². The third-order valence-electron chi connectivity index (χ3n) is 6.51. The number of hydrogen-bond acceptors (Lipinski definition) is 6. The van der Waals surface area contributed by atoms with Gasteiger partial charge in [-0.15, -0.1) is 0 Å². The van der Waals surface area contributed by atoms with Gasteiger partial charge in [-0.3, -0.25) is 14.5 Å². The average molecular weight is 466 g/mol. The Morgan fingerprint density at radius 2 is 2.00 bits per heavy atom. The first-order valence-electron chi connectivity index (χ1n) is 12.4. The highest BCUT2D eigenvalue weighted by Gasteiger charge is 2.25. The fourth-order valence-corrected chi connectivity index (χ4v) is 4.64. The molecule has 2 amide bonds. The van der Waals surface area contributed by atoms with Crippen LogP contribution in [0, 0.1) is 0 Å². The third kappa shape index (κ3) is 6.26. The van der Waals surface area contributed by atoms with Crippen LogP contribution in [0.2, 0.25) is 0 Å². The van der Waals surface area contributed by atoms with E-state index in [0.717, 1.165) is 50.2 Å². The number of nitrogens with one attached hydrogen (secondary N) is 2. The summed E-state index contributed by atoms with van der Waals surface area (Å²) >= 11 is 0. The Bertz CT molecular complexity index is 982. The van der Waals surface area contributed by atoms with Gasteiger partial charge in [0.2, 0.25) is 5.91 Å². The molecule has 2 bridgehead atoms. The molecule has 1 fully saturated rings. The first-order chi connectivity index (χ1) is 16.6. The number of rotatable bonds is 5. The van der Waals surface area contributed by atoms with Gasteiger partial charge in [-0.05, 0) is 69.5 Å². The first kappa shape index (κ1) is 24.0. The van der Waals surface area contributed by atoms with Crippen LogP contribution in [0.15, 0.2) is 42.5 Å². The highest BCUT2D eigenvalue weighted by molar-refractivity contribution is 5.95. The molecule has 1 aromatic heterocycles.